The fourth-order valence-electron chi connectivity index (χ4n) is 2.76. The van der Waals surface area contributed by atoms with Gasteiger partial charge in [0.25, 0.3) is 0 Å². The van der Waals surface area contributed by atoms with Gasteiger partial charge in [0.1, 0.15) is 5.75 Å². The van der Waals surface area contributed by atoms with Gasteiger partial charge in [0.2, 0.25) is 5.91 Å². The third-order valence-electron chi connectivity index (χ3n) is 4.20. The first-order valence-corrected chi connectivity index (χ1v) is 8.52. The number of aromatic nitrogens is 3. The monoisotopic (exact) mass is 350 g/mol. The van der Waals surface area contributed by atoms with Crippen LogP contribution in [0.1, 0.15) is 17.0 Å². The fraction of sp³-hybridized carbons (Fsp3) is 0.250. The number of aromatic amines is 1. The predicted octanol–water partition coefficient (Wildman–Crippen LogP) is 2.69. The Balaban J connectivity index is 1.63. The zero-order chi connectivity index (χ0) is 18.4. The molecule has 0 aliphatic heterocycles. The minimum Gasteiger partial charge on any atom is -0.497 e. The zero-order valence-corrected chi connectivity index (χ0v) is 15.0. The number of nitrogens with one attached hydrogen (secondary N) is 2. The van der Waals surface area contributed by atoms with E-state index >= 15 is 0 Å². The van der Waals surface area contributed by atoms with Crippen molar-refractivity contribution in [3.05, 3.63) is 65.6 Å². The van der Waals surface area contributed by atoms with Crippen LogP contribution in [0.5, 0.6) is 5.75 Å². The van der Waals surface area contributed by atoms with Crippen molar-refractivity contribution in [2.24, 2.45) is 0 Å². The molecule has 0 saturated carbocycles. The summed E-state index contributed by atoms with van der Waals surface area (Å²) in [7, 11) is 1.63. The number of rotatable bonds is 7. The maximum Gasteiger partial charge on any atom is 0.224 e. The summed E-state index contributed by atoms with van der Waals surface area (Å²) in [5.41, 5.74) is 4.52. The molecule has 2 heterocycles. The van der Waals surface area contributed by atoms with Crippen molar-refractivity contribution in [3.8, 4) is 17.0 Å². The SMILES string of the molecule is COc1ccc(-c2n[nH]c(C)c2CC(=O)NCCc2ccccn2)cc1. The van der Waals surface area contributed by atoms with E-state index in [9.17, 15) is 4.79 Å². The molecule has 26 heavy (non-hydrogen) atoms. The Morgan fingerprint density at radius 3 is 2.69 bits per heavy atom. The number of carbonyl (C=O) groups excluding carboxylic acids is 1. The topological polar surface area (TPSA) is 79.9 Å². The largest absolute Gasteiger partial charge is 0.497 e. The Bertz CT molecular complexity index is 857. The van der Waals surface area contributed by atoms with Crippen LogP contribution >= 0.6 is 0 Å². The standard InChI is InChI=1S/C20H22N4O2/c1-14-18(13-19(25)22-12-10-16-5-3-4-11-21-16)20(24-23-14)15-6-8-17(26-2)9-7-15/h3-9,11H,10,12-13H2,1-2H3,(H,22,25)(H,23,24). The molecule has 1 aromatic carbocycles. The van der Waals surface area contributed by atoms with Gasteiger partial charge in [-0.1, -0.05) is 6.07 Å². The summed E-state index contributed by atoms with van der Waals surface area (Å²) < 4.78 is 5.19. The van der Waals surface area contributed by atoms with Gasteiger partial charge in [-0.3, -0.25) is 14.9 Å². The van der Waals surface area contributed by atoms with Gasteiger partial charge in [-0.2, -0.15) is 5.10 Å². The molecule has 3 aromatic rings. The van der Waals surface area contributed by atoms with E-state index in [1.807, 2.05) is 49.4 Å². The quantitative estimate of drug-likeness (QED) is 0.687. The lowest BCUT2D eigenvalue weighted by molar-refractivity contribution is -0.120. The first-order valence-electron chi connectivity index (χ1n) is 8.52. The second kappa shape index (κ2) is 8.29. The number of nitrogens with zero attached hydrogens (tertiary/aromatic N) is 2. The molecule has 0 bridgehead atoms. The molecular weight excluding hydrogens is 328 g/mol. The average Bonchev–Trinajstić information content (AvgIpc) is 3.03. The van der Waals surface area contributed by atoms with E-state index < -0.39 is 0 Å². The third kappa shape index (κ3) is 4.27. The van der Waals surface area contributed by atoms with Crippen LogP contribution in [0.4, 0.5) is 0 Å². The summed E-state index contributed by atoms with van der Waals surface area (Å²) in [6.45, 7) is 2.49. The molecule has 2 aromatic heterocycles. The van der Waals surface area contributed by atoms with Gasteiger partial charge < -0.3 is 10.1 Å². The third-order valence-corrected chi connectivity index (χ3v) is 4.20. The van der Waals surface area contributed by atoms with E-state index in [0.29, 0.717) is 13.0 Å². The number of ether oxygens (including phenoxy) is 1. The minimum absolute atomic E-state index is 0.0276. The van der Waals surface area contributed by atoms with E-state index in [-0.39, 0.29) is 12.3 Å². The highest BCUT2D eigenvalue weighted by Crippen LogP contribution is 2.26. The van der Waals surface area contributed by atoms with E-state index in [0.717, 1.165) is 34.0 Å². The van der Waals surface area contributed by atoms with Gasteiger partial charge in [0.05, 0.1) is 19.2 Å². The highest BCUT2D eigenvalue weighted by atomic mass is 16.5. The van der Waals surface area contributed by atoms with E-state index in [2.05, 4.69) is 20.5 Å². The van der Waals surface area contributed by atoms with Crippen LogP contribution in [0.2, 0.25) is 0 Å². The van der Waals surface area contributed by atoms with Crippen LogP contribution in [-0.2, 0) is 17.6 Å². The maximum atomic E-state index is 12.3. The normalized spacial score (nSPS) is 10.5. The van der Waals surface area contributed by atoms with Crippen molar-refractivity contribution in [2.75, 3.05) is 13.7 Å². The lowest BCUT2D eigenvalue weighted by Crippen LogP contribution is -2.27. The van der Waals surface area contributed by atoms with Gasteiger partial charge in [-0.05, 0) is 43.3 Å². The van der Waals surface area contributed by atoms with Gasteiger partial charge in [-0.15, -0.1) is 0 Å². The van der Waals surface area contributed by atoms with Crippen LogP contribution in [-0.4, -0.2) is 34.7 Å². The Labute approximate surface area is 152 Å². The molecule has 0 fully saturated rings. The fourth-order valence-corrected chi connectivity index (χ4v) is 2.76. The number of pyridine rings is 1. The number of amides is 1. The summed E-state index contributed by atoms with van der Waals surface area (Å²) in [4.78, 5) is 16.6. The number of H-pyrrole nitrogens is 1. The molecule has 6 heteroatoms. The zero-order valence-electron chi connectivity index (χ0n) is 15.0. The van der Waals surface area contributed by atoms with Crippen molar-refractivity contribution in [1.29, 1.82) is 0 Å². The molecule has 0 spiro atoms. The molecule has 3 rings (SSSR count). The van der Waals surface area contributed by atoms with E-state index in [4.69, 9.17) is 4.74 Å². The van der Waals surface area contributed by atoms with Crippen LogP contribution in [0, 0.1) is 6.92 Å². The number of carbonyl (C=O) groups is 1. The van der Waals surface area contributed by atoms with Gasteiger partial charge in [-0.25, -0.2) is 0 Å². The first-order chi connectivity index (χ1) is 12.7. The van der Waals surface area contributed by atoms with E-state index in [1.165, 1.54) is 0 Å². The smallest absolute Gasteiger partial charge is 0.224 e. The first kappa shape index (κ1) is 17.7. The van der Waals surface area contributed by atoms with Crippen LogP contribution < -0.4 is 10.1 Å². The van der Waals surface area contributed by atoms with Crippen molar-refractivity contribution in [1.82, 2.24) is 20.5 Å². The number of methoxy groups -OCH3 is 1. The molecule has 0 saturated heterocycles. The number of hydrogen-bond acceptors (Lipinski definition) is 4. The highest BCUT2D eigenvalue weighted by molar-refractivity contribution is 5.81. The molecule has 134 valence electrons. The van der Waals surface area contributed by atoms with E-state index in [1.54, 1.807) is 13.3 Å². The Morgan fingerprint density at radius 2 is 2.00 bits per heavy atom. The Hall–Kier alpha value is -3.15. The van der Waals surface area contributed by atoms with Crippen molar-refractivity contribution < 1.29 is 9.53 Å². The summed E-state index contributed by atoms with van der Waals surface area (Å²) in [5.74, 6) is 0.759. The van der Waals surface area contributed by atoms with Gasteiger partial charge >= 0.3 is 0 Å². The predicted molar refractivity (Wildman–Crippen MR) is 100.0 cm³/mol. The molecule has 0 atom stereocenters. The highest BCUT2D eigenvalue weighted by Gasteiger charge is 2.15. The molecule has 0 aliphatic carbocycles. The second-order valence-electron chi connectivity index (χ2n) is 6.00. The van der Waals surface area contributed by atoms with Gasteiger partial charge in [0.15, 0.2) is 0 Å². The maximum absolute atomic E-state index is 12.3. The molecular formula is C20H22N4O2. The average molecular weight is 350 g/mol. The number of aryl methyl sites for hydroxylation is 1. The Kier molecular flexibility index (Phi) is 5.63. The number of hydrogen-bond donors (Lipinski definition) is 2. The molecule has 0 radical (unpaired) electrons. The molecule has 6 nitrogen and oxygen atoms in total. The summed E-state index contributed by atoms with van der Waals surface area (Å²) >= 11 is 0. The summed E-state index contributed by atoms with van der Waals surface area (Å²) in [6, 6.07) is 13.4. The number of benzene rings is 1. The molecule has 0 aliphatic rings. The van der Waals surface area contributed by atoms with Crippen LogP contribution in [0.15, 0.2) is 48.7 Å². The van der Waals surface area contributed by atoms with Crippen molar-refractivity contribution in [3.63, 3.8) is 0 Å². The van der Waals surface area contributed by atoms with Crippen LogP contribution in [0.25, 0.3) is 11.3 Å². The van der Waals surface area contributed by atoms with Crippen molar-refractivity contribution in [2.45, 2.75) is 19.8 Å². The lowest BCUT2D eigenvalue weighted by Gasteiger charge is -2.07. The molecule has 2 N–H and O–H groups in total. The summed E-state index contributed by atoms with van der Waals surface area (Å²) in [5, 5.41) is 10.3. The lowest BCUT2D eigenvalue weighted by atomic mass is 10.0. The second-order valence-corrected chi connectivity index (χ2v) is 6.00. The summed E-state index contributed by atoms with van der Waals surface area (Å²) in [6.07, 6.45) is 2.75. The van der Waals surface area contributed by atoms with Crippen molar-refractivity contribution >= 4 is 5.91 Å². The minimum atomic E-state index is -0.0276. The molecule has 0 unspecified atom stereocenters. The van der Waals surface area contributed by atoms with Crippen LogP contribution in [0.3, 0.4) is 0 Å². The van der Waals surface area contributed by atoms with Gasteiger partial charge in [0, 0.05) is 41.7 Å². The molecule has 1 amide bonds. The Morgan fingerprint density at radius 1 is 1.19 bits per heavy atom.